The van der Waals surface area contributed by atoms with Gasteiger partial charge in [0, 0.05) is 26.7 Å². The van der Waals surface area contributed by atoms with Gasteiger partial charge in [-0.2, -0.15) is 0 Å². The minimum absolute atomic E-state index is 0.215. The van der Waals surface area contributed by atoms with Gasteiger partial charge in [0.1, 0.15) is 0 Å². The van der Waals surface area contributed by atoms with E-state index in [0.29, 0.717) is 6.54 Å². The maximum absolute atomic E-state index is 10.4. The highest BCUT2D eigenvalue weighted by molar-refractivity contribution is 5.79. The van der Waals surface area contributed by atoms with Gasteiger partial charge in [-0.05, 0) is 12.8 Å². The fraction of sp³-hybridized carbons (Fsp3) is 0.818. The van der Waals surface area contributed by atoms with Crippen LogP contribution in [0.15, 0.2) is 0 Å². The molecule has 0 aliphatic rings. The molecule has 0 fully saturated rings. The van der Waals surface area contributed by atoms with Gasteiger partial charge in [-0.3, -0.25) is 4.79 Å². The van der Waals surface area contributed by atoms with Crippen LogP contribution in [0.5, 0.6) is 0 Å². The van der Waals surface area contributed by atoms with Crippen molar-refractivity contribution < 1.29 is 9.53 Å². The molecule has 0 aromatic carbocycles. The third-order valence-electron chi connectivity index (χ3n) is 1.93. The lowest BCUT2D eigenvalue weighted by Crippen LogP contribution is -2.22. The van der Waals surface area contributed by atoms with Gasteiger partial charge >= 0.3 is 0 Å². The van der Waals surface area contributed by atoms with E-state index in [0.717, 1.165) is 26.1 Å². The highest BCUT2D eigenvalue weighted by Crippen LogP contribution is 1.98. The number of unbranched alkanes of at least 4 members (excludes halogenated alkanes) is 3. The summed E-state index contributed by atoms with van der Waals surface area (Å²) in [7, 11) is 0. The van der Waals surface area contributed by atoms with Crippen LogP contribution in [0.2, 0.25) is 0 Å². The Balaban J connectivity index is 2.88. The van der Waals surface area contributed by atoms with Gasteiger partial charge in [-0.25, -0.2) is 0 Å². The summed E-state index contributed by atoms with van der Waals surface area (Å²) in [5.41, 5.74) is 0. The number of amides is 1. The summed E-state index contributed by atoms with van der Waals surface area (Å²) in [6, 6.07) is 0. The van der Waals surface area contributed by atoms with Gasteiger partial charge in [0.25, 0.3) is 0 Å². The number of rotatable bonds is 9. The summed E-state index contributed by atoms with van der Waals surface area (Å²) in [4.78, 5) is 10.4. The molecule has 0 aromatic heterocycles. The van der Waals surface area contributed by atoms with Crippen molar-refractivity contribution in [2.45, 2.75) is 39.0 Å². The van der Waals surface area contributed by atoms with E-state index >= 15 is 0 Å². The number of hydrogen-bond donors (Lipinski definition) is 1. The molecule has 14 heavy (non-hydrogen) atoms. The molecule has 1 amide bonds. The summed E-state index contributed by atoms with van der Waals surface area (Å²) >= 11 is 0. The quantitative estimate of drug-likeness (QED) is 0.577. The average molecular weight is 200 g/mol. The van der Waals surface area contributed by atoms with Crippen LogP contribution in [0.4, 0.5) is 0 Å². The molecule has 0 saturated carbocycles. The van der Waals surface area contributed by atoms with Crippen molar-refractivity contribution in [1.29, 1.82) is 0 Å². The predicted octanol–water partition coefficient (Wildman–Crippen LogP) is 1.92. The van der Waals surface area contributed by atoms with E-state index in [9.17, 15) is 4.79 Å². The van der Waals surface area contributed by atoms with Crippen LogP contribution in [0.25, 0.3) is 0 Å². The van der Waals surface area contributed by atoms with Crippen molar-refractivity contribution in [2.75, 3.05) is 19.8 Å². The van der Waals surface area contributed by atoms with Gasteiger partial charge < -0.3 is 10.1 Å². The maximum Gasteiger partial charge on any atom is 0.220 e. The lowest BCUT2D eigenvalue weighted by Gasteiger charge is -2.04. The first-order valence-electron chi connectivity index (χ1n) is 5.45. The smallest absolute Gasteiger partial charge is 0.220 e. The second-order valence-corrected chi connectivity index (χ2v) is 3.38. The molecule has 0 spiro atoms. The third kappa shape index (κ3) is 11.4. The van der Waals surface area contributed by atoms with Crippen LogP contribution < -0.4 is 5.32 Å². The fourth-order valence-corrected chi connectivity index (χ4v) is 1.14. The lowest BCUT2D eigenvalue weighted by atomic mass is 10.2. The molecule has 0 heterocycles. The molecule has 83 valence electrons. The van der Waals surface area contributed by atoms with E-state index in [1.165, 1.54) is 19.3 Å². The van der Waals surface area contributed by atoms with Crippen molar-refractivity contribution in [1.82, 2.24) is 5.32 Å². The number of hydrogen-bond acceptors (Lipinski definition) is 2. The van der Waals surface area contributed by atoms with Crippen LogP contribution in [0.3, 0.4) is 0 Å². The molecular formula is C11H22NO2. The first-order chi connectivity index (χ1) is 6.77. The van der Waals surface area contributed by atoms with Crippen LogP contribution in [0, 0.1) is 6.92 Å². The SMILES string of the molecule is [CH2]C(=O)NCCCOCCCCCC. The topological polar surface area (TPSA) is 38.3 Å². The number of nitrogens with one attached hydrogen (secondary N) is 1. The molecule has 0 aromatic rings. The molecule has 0 saturated heterocycles. The summed E-state index contributed by atoms with van der Waals surface area (Å²) in [6.07, 6.45) is 5.83. The largest absolute Gasteiger partial charge is 0.381 e. The zero-order valence-electron chi connectivity index (χ0n) is 9.18. The van der Waals surface area contributed by atoms with Gasteiger partial charge in [0.05, 0.1) is 0 Å². The van der Waals surface area contributed by atoms with Crippen LogP contribution in [-0.4, -0.2) is 25.7 Å². The Bertz CT molecular complexity index is 137. The van der Waals surface area contributed by atoms with E-state index in [4.69, 9.17) is 4.74 Å². The van der Waals surface area contributed by atoms with E-state index in [1.54, 1.807) is 0 Å². The van der Waals surface area contributed by atoms with Gasteiger partial charge in [-0.15, -0.1) is 0 Å². The summed E-state index contributed by atoms with van der Waals surface area (Å²) in [5.74, 6) is -0.215. The molecule has 1 N–H and O–H groups in total. The highest BCUT2D eigenvalue weighted by Gasteiger charge is 1.92. The third-order valence-corrected chi connectivity index (χ3v) is 1.93. The molecule has 1 radical (unpaired) electrons. The fourth-order valence-electron chi connectivity index (χ4n) is 1.14. The average Bonchev–Trinajstić information content (AvgIpc) is 2.15. The standard InChI is InChI=1S/C11H22NO2/c1-3-4-5-6-9-14-10-7-8-12-11(2)13/h2-10H2,1H3,(H,12,13). The van der Waals surface area contributed by atoms with Crippen molar-refractivity contribution in [3.8, 4) is 0 Å². The molecule has 3 nitrogen and oxygen atoms in total. The Morgan fingerprint density at radius 1 is 1.21 bits per heavy atom. The molecule has 0 atom stereocenters. The summed E-state index contributed by atoms with van der Waals surface area (Å²) in [6.45, 7) is 7.65. The van der Waals surface area contributed by atoms with Crippen molar-refractivity contribution in [3.05, 3.63) is 6.92 Å². The van der Waals surface area contributed by atoms with E-state index in [2.05, 4.69) is 19.2 Å². The van der Waals surface area contributed by atoms with E-state index in [-0.39, 0.29) is 5.91 Å². The highest BCUT2D eigenvalue weighted by atomic mass is 16.5. The summed E-state index contributed by atoms with van der Waals surface area (Å²) in [5, 5.41) is 2.63. The maximum atomic E-state index is 10.4. The number of carbonyl (C=O) groups excluding carboxylic acids is 1. The summed E-state index contributed by atoms with van der Waals surface area (Å²) < 4.78 is 5.39. The molecule has 0 unspecified atom stereocenters. The predicted molar refractivity (Wildman–Crippen MR) is 57.9 cm³/mol. The minimum atomic E-state index is -0.215. The number of ether oxygens (including phenoxy) is 1. The molecule has 0 bridgehead atoms. The van der Waals surface area contributed by atoms with E-state index < -0.39 is 0 Å². The first kappa shape index (κ1) is 13.4. The number of carbonyl (C=O) groups is 1. The zero-order valence-corrected chi connectivity index (χ0v) is 9.18. The van der Waals surface area contributed by atoms with Gasteiger partial charge in [0.2, 0.25) is 5.91 Å². The lowest BCUT2D eigenvalue weighted by molar-refractivity contribution is -0.116. The molecule has 3 heteroatoms. The van der Waals surface area contributed by atoms with Crippen molar-refractivity contribution in [2.24, 2.45) is 0 Å². The van der Waals surface area contributed by atoms with Gasteiger partial charge in [-0.1, -0.05) is 26.2 Å². The zero-order chi connectivity index (χ0) is 10.6. The van der Waals surface area contributed by atoms with Crippen molar-refractivity contribution >= 4 is 5.91 Å². The molecule has 0 rings (SSSR count). The van der Waals surface area contributed by atoms with Crippen LogP contribution in [-0.2, 0) is 9.53 Å². The molecular weight excluding hydrogens is 178 g/mol. The Morgan fingerprint density at radius 3 is 2.57 bits per heavy atom. The Hall–Kier alpha value is -0.570. The second-order valence-electron chi connectivity index (χ2n) is 3.38. The Morgan fingerprint density at radius 2 is 1.93 bits per heavy atom. The minimum Gasteiger partial charge on any atom is -0.381 e. The molecule has 0 aliphatic carbocycles. The van der Waals surface area contributed by atoms with Crippen molar-refractivity contribution in [3.63, 3.8) is 0 Å². The van der Waals surface area contributed by atoms with Crippen LogP contribution in [0.1, 0.15) is 39.0 Å². The Labute approximate surface area is 87.2 Å². The monoisotopic (exact) mass is 200 g/mol. The molecule has 0 aliphatic heterocycles. The first-order valence-corrected chi connectivity index (χ1v) is 5.45. The van der Waals surface area contributed by atoms with Gasteiger partial charge in [0.15, 0.2) is 0 Å². The normalized spacial score (nSPS) is 10.1. The van der Waals surface area contributed by atoms with E-state index in [1.807, 2.05) is 0 Å². The second kappa shape index (κ2) is 10.5. The van der Waals surface area contributed by atoms with Crippen LogP contribution >= 0.6 is 0 Å². The Kier molecular flexibility index (Phi) is 10.1.